The van der Waals surface area contributed by atoms with Gasteiger partial charge in [-0.3, -0.25) is 0 Å². The number of hydrogen-bond acceptors (Lipinski definition) is 5. The SMILES string of the molecule is COCCOCCNS(=O)(=O)c1cc(C)c(F)c(CO)c1. The minimum Gasteiger partial charge on any atom is -0.392 e. The lowest BCUT2D eigenvalue weighted by atomic mass is 10.1. The molecule has 0 fully saturated rings. The van der Waals surface area contributed by atoms with E-state index in [2.05, 4.69) is 4.72 Å². The summed E-state index contributed by atoms with van der Waals surface area (Å²) in [5.74, 6) is -0.598. The molecule has 1 aromatic rings. The van der Waals surface area contributed by atoms with Crippen LogP contribution in [0.25, 0.3) is 0 Å². The molecule has 0 amide bonds. The number of ether oxygens (including phenoxy) is 2. The molecule has 120 valence electrons. The van der Waals surface area contributed by atoms with Gasteiger partial charge in [0.05, 0.1) is 31.3 Å². The van der Waals surface area contributed by atoms with E-state index in [1.54, 1.807) is 7.11 Å². The van der Waals surface area contributed by atoms with E-state index in [4.69, 9.17) is 14.6 Å². The Hall–Kier alpha value is -1.06. The van der Waals surface area contributed by atoms with Crippen LogP contribution in [0.2, 0.25) is 0 Å². The van der Waals surface area contributed by atoms with Gasteiger partial charge in [-0.1, -0.05) is 0 Å². The molecule has 0 atom stereocenters. The number of methoxy groups -OCH3 is 1. The lowest BCUT2D eigenvalue weighted by Crippen LogP contribution is -2.28. The first-order chi connectivity index (χ1) is 9.92. The molecule has 0 unspecified atom stereocenters. The van der Waals surface area contributed by atoms with Gasteiger partial charge in [-0.05, 0) is 24.6 Å². The van der Waals surface area contributed by atoms with Crippen molar-refractivity contribution >= 4 is 10.0 Å². The Balaban J connectivity index is 2.68. The molecule has 1 rings (SSSR count). The van der Waals surface area contributed by atoms with E-state index in [1.807, 2.05) is 0 Å². The zero-order valence-corrected chi connectivity index (χ0v) is 12.9. The van der Waals surface area contributed by atoms with Crippen molar-refractivity contribution in [3.63, 3.8) is 0 Å². The highest BCUT2D eigenvalue weighted by atomic mass is 32.2. The molecule has 0 aliphatic rings. The fourth-order valence-corrected chi connectivity index (χ4v) is 2.80. The second-order valence-corrected chi connectivity index (χ2v) is 6.14. The average Bonchev–Trinajstić information content (AvgIpc) is 2.45. The standard InChI is InChI=1S/C13H20FNO5S/c1-10-7-12(8-11(9-16)13(10)14)21(17,18)15-3-4-20-6-5-19-2/h7-8,15-16H,3-6,9H2,1-2H3. The predicted octanol–water partition coefficient (Wildman–Crippen LogP) is 0.568. The number of benzene rings is 1. The van der Waals surface area contributed by atoms with Gasteiger partial charge >= 0.3 is 0 Å². The van der Waals surface area contributed by atoms with Crippen LogP contribution in [-0.4, -0.2) is 47.0 Å². The highest BCUT2D eigenvalue weighted by Gasteiger charge is 2.17. The van der Waals surface area contributed by atoms with Crippen LogP contribution in [-0.2, 0) is 26.1 Å². The minimum absolute atomic E-state index is 0.0493. The number of aryl methyl sites for hydroxylation is 1. The van der Waals surface area contributed by atoms with E-state index >= 15 is 0 Å². The summed E-state index contributed by atoms with van der Waals surface area (Å²) in [5, 5.41) is 9.04. The van der Waals surface area contributed by atoms with Gasteiger partial charge in [0.25, 0.3) is 0 Å². The molecule has 0 aromatic heterocycles. The molecule has 2 N–H and O–H groups in total. The summed E-state index contributed by atoms with van der Waals surface area (Å²) in [6.07, 6.45) is 0. The fourth-order valence-electron chi connectivity index (χ4n) is 1.65. The van der Waals surface area contributed by atoms with E-state index < -0.39 is 22.4 Å². The molecule has 6 nitrogen and oxygen atoms in total. The largest absolute Gasteiger partial charge is 0.392 e. The third kappa shape index (κ3) is 5.33. The topological polar surface area (TPSA) is 84.9 Å². The first-order valence-corrected chi connectivity index (χ1v) is 7.87. The van der Waals surface area contributed by atoms with E-state index in [0.717, 1.165) is 6.07 Å². The number of rotatable bonds is 9. The highest BCUT2D eigenvalue weighted by Crippen LogP contribution is 2.19. The van der Waals surface area contributed by atoms with Crippen molar-refractivity contribution in [2.45, 2.75) is 18.4 Å². The molecule has 1 aromatic carbocycles. The normalized spacial score (nSPS) is 11.8. The Morgan fingerprint density at radius 3 is 2.62 bits per heavy atom. The van der Waals surface area contributed by atoms with Crippen molar-refractivity contribution in [2.75, 3.05) is 33.5 Å². The fraction of sp³-hybridized carbons (Fsp3) is 0.538. The van der Waals surface area contributed by atoms with E-state index in [-0.39, 0.29) is 29.2 Å². The van der Waals surface area contributed by atoms with Gasteiger partial charge in [-0.15, -0.1) is 0 Å². The second-order valence-electron chi connectivity index (χ2n) is 4.37. The maximum Gasteiger partial charge on any atom is 0.240 e. The van der Waals surface area contributed by atoms with Gasteiger partial charge in [0.1, 0.15) is 5.82 Å². The van der Waals surface area contributed by atoms with Gasteiger partial charge in [0, 0.05) is 19.2 Å². The van der Waals surface area contributed by atoms with Gasteiger partial charge < -0.3 is 14.6 Å². The summed E-state index contributed by atoms with van der Waals surface area (Å²) in [4.78, 5) is -0.0812. The summed E-state index contributed by atoms with van der Waals surface area (Å²) in [6.45, 7) is 2.00. The van der Waals surface area contributed by atoms with Crippen LogP contribution in [0, 0.1) is 12.7 Å². The Morgan fingerprint density at radius 1 is 1.29 bits per heavy atom. The Labute approximate surface area is 123 Å². The number of aliphatic hydroxyl groups excluding tert-OH is 1. The van der Waals surface area contributed by atoms with Crippen molar-refractivity contribution in [3.05, 3.63) is 29.1 Å². The van der Waals surface area contributed by atoms with Crippen LogP contribution < -0.4 is 4.72 Å². The van der Waals surface area contributed by atoms with E-state index in [9.17, 15) is 12.8 Å². The average molecular weight is 321 g/mol. The van der Waals surface area contributed by atoms with Crippen LogP contribution >= 0.6 is 0 Å². The third-order valence-corrected chi connectivity index (χ3v) is 4.19. The van der Waals surface area contributed by atoms with Crippen LogP contribution in [0.3, 0.4) is 0 Å². The molecule has 0 radical (unpaired) electrons. The van der Waals surface area contributed by atoms with Crippen molar-refractivity contribution in [2.24, 2.45) is 0 Å². The maximum atomic E-state index is 13.6. The molecule has 0 aliphatic carbocycles. The van der Waals surface area contributed by atoms with Gasteiger partial charge in [0.2, 0.25) is 10.0 Å². The van der Waals surface area contributed by atoms with Crippen molar-refractivity contribution in [1.29, 1.82) is 0 Å². The molecular formula is C13H20FNO5S. The molecule has 0 spiro atoms. The van der Waals surface area contributed by atoms with Crippen LogP contribution in [0.15, 0.2) is 17.0 Å². The Bertz CT molecular complexity index is 562. The van der Waals surface area contributed by atoms with Gasteiger partial charge in [0.15, 0.2) is 0 Å². The summed E-state index contributed by atoms with van der Waals surface area (Å²) in [7, 11) is -2.22. The maximum absolute atomic E-state index is 13.6. The summed E-state index contributed by atoms with van der Waals surface area (Å²) in [6, 6.07) is 2.35. The van der Waals surface area contributed by atoms with Crippen molar-refractivity contribution < 1.29 is 27.4 Å². The predicted molar refractivity (Wildman–Crippen MR) is 74.9 cm³/mol. The molecule has 8 heteroatoms. The van der Waals surface area contributed by atoms with Gasteiger partial charge in [-0.2, -0.15) is 0 Å². The highest BCUT2D eigenvalue weighted by molar-refractivity contribution is 7.89. The Kier molecular flexibility index (Phi) is 7.20. The van der Waals surface area contributed by atoms with Crippen LogP contribution in [0.4, 0.5) is 4.39 Å². The first kappa shape index (κ1) is 18.0. The summed E-state index contributed by atoms with van der Waals surface area (Å²) in [5.41, 5.74) is 0.116. The second kappa shape index (κ2) is 8.40. The number of halogens is 1. The zero-order valence-electron chi connectivity index (χ0n) is 12.1. The molecule has 0 saturated heterocycles. The quantitative estimate of drug-likeness (QED) is 0.650. The molecule has 0 saturated carbocycles. The molecule has 0 bridgehead atoms. The molecule has 0 heterocycles. The molecule has 21 heavy (non-hydrogen) atoms. The van der Waals surface area contributed by atoms with E-state index in [0.29, 0.717) is 13.2 Å². The summed E-state index contributed by atoms with van der Waals surface area (Å²) < 4.78 is 50.0. The summed E-state index contributed by atoms with van der Waals surface area (Å²) >= 11 is 0. The number of nitrogens with one attached hydrogen (secondary N) is 1. The van der Waals surface area contributed by atoms with Crippen LogP contribution in [0.1, 0.15) is 11.1 Å². The third-order valence-electron chi connectivity index (χ3n) is 2.75. The van der Waals surface area contributed by atoms with Crippen LogP contribution in [0.5, 0.6) is 0 Å². The number of aliphatic hydroxyl groups is 1. The van der Waals surface area contributed by atoms with Crippen molar-refractivity contribution in [3.8, 4) is 0 Å². The number of sulfonamides is 1. The Morgan fingerprint density at radius 2 is 2.00 bits per heavy atom. The molecule has 0 aliphatic heterocycles. The molecular weight excluding hydrogens is 301 g/mol. The minimum atomic E-state index is -3.76. The first-order valence-electron chi connectivity index (χ1n) is 6.38. The zero-order chi connectivity index (χ0) is 15.9. The lowest BCUT2D eigenvalue weighted by molar-refractivity contribution is 0.0736. The van der Waals surface area contributed by atoms with Gasteiger partial charge in [-0.25, -0.2) is 17.5 Å². The number of hydrogen-bond donors (Lipinski definition) is 2. The van der Waals surface area contributed by atoms with Crippen molar-refractivity contribution in [1.82, 2.24) is 4.72 Å². The monoisotopic (exact) mass is 321 g/mol. The smallest absolute Gasteiger partial charge is 0.240 e. The van der Waals surface area contributed by atoms with E-state index in [1.165, 1.54) is 13.0 Å². The lowest BCUT2D eigenvalue weighted by Gasteiger charge is -2.10.